The number of unbranched alkanes of at least 4 members (excludes halogenated alkanes) is 2. The average Bonchev–Trinajstić information content (AvgIpc) is 3.38. The van der Waals surface area contributed by atoms with Crippen LogP contribution in [0.2, 0.25) is 0 Å². The van der Waals surface area contributed by atoms with E-state index < -0.39 is 17.9 Å². The van der Waals surface area contributed by atoms with Crippen LogP contribution in [0, 0.1) is 5.92 Å². The number of esters is 1. The Balaban J connectivity index is 1.60. The fraction of sp³-hybridized carbons (Fsp3) is 0.357. The Kier molecular flexibility index (Phi) is 9.76. The van der Waals surface area contributed by atoms with Crippen LogP contribution in [0.1, 0.15) is 65.8 Å². The van der Waals surface area contributed by atoms with Crippen molar-refractivity contribution in [1.82, 2.24) is 10.3 Å². The maximum absolute atomic E-state index is 12.6. The number of nitrogens with zero attached hydrogens (tertiary/aromatic N) is 1. The molecule has 1 aromatic heterocycles. The molecule has 190 valence electrons. The zero-order valence-corrected chi connectivity index (χ0v) is 22.0. The Morgan fingerprint density at radius 3 is 2.28 bits per heavy atom. The van der Waals surface area contributed by atoms with Crippen LogP contribution in [0.4, 0.5) is 5.69 Å². The van der Waals surface area contributed by atoms with Gasteiger partial charge in [-0.2, -0.15) is 0 Å². The van der Waals surface area contributed by atoms with Crippen LogP contribution in [0.5, 0.6) is 0 Å². The monoisotopic (exact) mass is 507 g/mol. The lowest BCUT2D eigenvalue weighted by Gasteiger charge is -2.18. The minimum Gasteiger partial charge on any atom is -0.467 e. The number of aromatic nitrogens is 1. The van der Waals surface area contributed by atoms with Crippen LogP contribution in [-0.4, -0.2) is 35.9 Å². The minimum absolute atomic E-state index is 0.118. The first-order valence-electron chi connectivity index (χ1n) is 12.2. The van der Waals surface area contributed by atoms with Gasteiger partial charge in [-0.1, -0.05) is 57.9 Å². The van der Waals surface area contributed by atoms with E-state index in [0.29, 0.717) is 16.9 Å². The van der Waals surface area contributed by atoms with E-state index in [4.69, 9.17) is 4.74 Å². The molecule has 2 amide bonds. The van der Waals surface area contributed by atoms with Gasteiger partial charge in [0, 0.05) is 22.2 Å². The van der Waals surface area contributed by atoms with E-state index >= 15 is 0 Å². The van der Waals surface area contributed by atoms with E-state index in [1.807, 2.05) is 50.2 Å². The van der Waals surface area contributed by atoms with Gasteiger partial charge in [0.05, 0.1) is 12.8 Å². The highest BCUT2D eigenvalue weighted by Crippen LogP contribution is 2.24. The molecule has 1 unspecified atom stereocenters. The molecule has 0 spiro atoms. The molecule has 7 nitrogen and oxygen atoms in total. The Labute approximate surface area is 216 Å². The summed E-state index contributed by atoms with van der Waals surface area (Å²) in [4.78, 5) is 41.6. The van der Waals surface area contributed by atoms with Gasteiger partial charge in [-0.25, -0.2) is 9.78 Å². The highest BCUT2D eigenvalue weighted by molar-refractivity contribution is 7.12. The van der Waals surface area contributed by atoms with Crippen molar-refractivity contribution in [1.29, 1.82) is 0 Å². The number of anilines is 1. The molecule has 0 fully saturated rings. The van der Waals surface area contributed by atoms with Crippen molar-refractivity contribution in [2.45, 2.75) is 52.5 Å². The number of benzene rings is 2. The molecule has 0 radical (unpaired) electrons. The van der Waals surface area contributed by atoms with Crippen molar-refractivity contribution in [2.24, 2.45) is 5.92 Å². The SMILES string of the molecule is CCCCCc1ccc(C(=O)Nc2ccc(-c3csc(C(=O)NC(C(=O)OC)C(C)C)n3)cc2)cc1. The molecule has 1 heterocycles. The molecular formula is C28H33N3O4S. The number of carbonyl (C=O) groups excluding carboxylic acids is 3. The molecule has 0 aliphatic rings. The molecule has 0 saturated carbocycles. The lowest BCUT2D eigenvalue weighted by Crippen LogP contribution is -2.45. The number of ether oxygens (including phenoxy) is 1. The van der Waals surface area contributed by atoms with Gasteiger partial charge in [-0.15, -0.1) is 11.3 Å². The number of nitrogens with one attached hydrogen (secondary N) is 2. The largest absolute Gasteiger partial charge is 0.467 e. The van der Waals surface area contributed by atoms with Crippen LogP contribution in [0.15, 0.2) is 53.9 Å². The quantitative estimate of drug-likeness (QED) is 0.255. The normalized spacial score (nSPS) is 11.7. The fourth-order valence-electron chi connectivity index (χ4n) is 3.67. The van der Waals surface area contributed by atoms with Crippen molar-refractivity contribution in [2.75, 3.05) is 12.4 Å². The topological polar surface area (TPSA) is 97.4 Å². The second-order valence-electron chi connectivity index (χ2n) is 8.94. The number of thiazole rings is 1. The van der Waals surface area contributed by atoms with Gasteiger partial charge < -0.3 is 15.4 Å². The van der Waals surface area contributed by atoms with Gasteiger partial charge in [-0.3, -0.25) is 9.59 Å². The smallest absolute Gasteiger partial charge is 0.328 e. The van der Waals surface area contributed by atoms with Gasteiger partial charge in [-0.05, 0) is 48.6 Å². The summed E-state index contributed by atoms with van der Waals surface area (Å²) in [5, 5.41) is 7.66. The molecule has 3 aromatic rings. The third-order valence-electron chi connectivity index (χ3n) is 5.83. The molecule has 2 N–H and O–H groups in total. The summed E-state index contributed by atoms with van der Waals surface area (Å²) in [5.41, 5.74) is 3.97. The van der Waals surface area contributed by atoms with Crippen LogP contribution in [0.3, 0.4) is 0 Å². The van der Waals surface area contributed by atoms with Crippen molar-refractivity contribution >= 4 is 34.8 Å². The lowest BCUT2D eigenvalue weighted by molar-refractivity contribution is -0.144. The molecule has 1 atom stereocenters. The van der Waals surface area contributed by atoms with Crippen molar-refractivity contribution in [3.63, 3.8) is 0 Å². The number of amides is 2. The zero-order chi connectivity index (χ0) is 26.1. The van der Waals surface area contributed by atoms with E-state index in [0.717, 1.165) is 18.4 Å². The molecule has 8 heteroatoms. The first-order chi connectivity index (χ1) is 17.3. The number of carbonyl (C=O) groups is 3. The van der Waals surface area contributed by atoms with Crippen LogP contribution < -0.4 is 10.6 Å². The van der Waals surface area contributed by atoms with Gasteiger partial charge in [0.25, 0.3) is 11.8 Å². The highest BCUT2D eigenvalue weighted by atomic mass is 32.1. The summed E-state index contributed by atoms with van der Waals surface area (Å²) in [7, 11) is 1.29. The number of rotatable bonds is 11. The van der Waals surface area contributed by atoms with Crippen molar-refractivity contribution in [3.8, 4) is 11.3 Å². The standard InChI is InChI=1S/C28H33N3O4S/c1-5-6-7-8-19-9-11-21(12-10-19)25(32)29-22-15-13-20(14-16-22)23-17-36-27(30-23)26(33)31-24(18(2)3)28(34)35-4/h9-18,24H,5-8H2,1-4H3,(H,29,32)(H,31,33). The Bertz CT molecular complexity index is 1170. The maximum Gasteiger partial charge on any atom is 0.328 e. The fourth-order valence-corrected chi connectivity index (χ4v) is 4.40. The second-order valence-corrected chi connectivity index (χ2v) is 9.80. The molecular weight excluding hydrogens is 474 g/mol. The van der Waals surface area contributed by atoms with E-state index in [-0.39, 0.29) is 16.8 Å². The van der Waals surface area contributed by atoms with Crippen LogP contribution in [0.25, 0.3) is 11.3 Å². The first kappa shape index (κ1) is 27.1. The summed E-state index contributed by atoms with van der Waals surface area (Å²) in [6.45, 7) is 5.85. The number of methoxy groups -OCH3 is 1. The van der Waals surface area contributed by atoms with E-state index in [9.17, 15) is 14.4 Å². The summed E-state index contributed by atoms with van der Waals surface area (Å²) in [5.74, 6) is -1.19. The van der Waals surface area contributed by atoms with Gasteiger partial charge in [0.15, 0.2) is 5.01 Å². The lowest BCUT2D eigenvalue weighted by atomic mass is 10.0. The van der Waals surface area contributed by atoms with E-state index in [1.54, 1.807) is 17.5 Å². The summed E-state index contributed by atoms with van der Waals surface area (Å²) in [6, 6.07) is 14.3. The Hall–Kier alpha value is -3.52. The number of hydrogen-bond donors (Lipinski definition) is 2. The molecule has 0 aliphatic heterocycles. The summed E-state index contributed by atoms with van der Waals surface area (Å²) in [6.07, 6.45) is 4.59. The van der Waals surface area contributed by atoms with Crippen molar-refractivity contribution < 1.29 is 19.1 Å². The molecule has 0 saturated heterocycles. The number of hydrogen-bond acceptors (Lipinski definition) is 6. The minimum atomic E-state index is -0.741. The summed E-state index contributed by atoms with van der Waals surface area (Å²) < 4.78 is 4.77. The van der Waals surface area contributed by atoms with Crippen LogP contribution in [-0.2, 0) is 16.0 Å². The second kappa shape index (κ2) is 13.0. The highest BCUT2D eigenvalue weighted by Gasteiger charge is 2.26. The van der Waals surface area contributed by atoms with Gasteiger partial charge in [0.1, 0.15) is 6.04 Å². The molecule has 36 heavy (non-hydrogen) atoms. The van der Waals surface area contributed by atoms with Gasteiger partial charge in [0.2, 0.25) is 0 Å². The van der Waals surface area contributed by atoms with E-state index in [1.165, 1.54) is 36.9 Å². The maximum atomic E-state index is 12.6. The Morgan fingerprint density at radius 1 is 0.972 bits per heavy atom. The van der Waals surface area contributed by atoms with Crippen LogP contribution >= 0.6 is 11.3 Å². The number of aryl methyl sites for hydroxylation is 1. The molecule has 0 bridgehead atoms. The summed E-state index contributed by atoms with van der Waals surface area (Å²) >= 11 is 1.20. The molecule has 0 aliphatic carbocycles. The Morgan fingerprint density at radius 2 is 1.67 bits per heavy atom. The third-order valence-corrected chi connectivity index (χ3v) is 6.67. The average molecular weight is 508 g/mol. The molecule has 2 aromatic carbocycles. The predicted molar refractivity (Wildman–Crippen MR) is 143 cm³/mol. The predicted octanol–water partition coefficient (Wildman–Crippen LogP) is 5.72. The third kappa shape index (κ3) is 7.24. The first-order valence-corrected chi connectivity index (χ1v) is 13.0. The zero-order valence-electron chi connectivity index (χ0n) is 21.2. The van der Waals surface area contributed by atoms with Gasteiger partial charge >= 0.3 is 5.97 Å². The molecule has 3 rings (SSSR count). The van der Waals surface area contributed by atoms with Crippen molar-refractivity contribution in [3.05, 3.63) is 70.0 Å². The van der Waals surface area contributed by atoms with E-state index in [2.05, 4.69) is 22.5 Å².